The zero-order chi connectivity index (χ0) is 15.8. The van der Waals surface area contributed by atoms with Crippen LogP contribution in [0.3, 0.4) is 0 Å². The van der Waals surface area contributed by atoms with E-state index in [1.807, 2.05) is 39.0 Å². The zero-order valence-corrected chi connectivity index (χ0v) is 13.2. The van der Waals surface area contributed by atoms with Crippen molar-refractivity contribution in [3.8, 4) is 5.75 Å². The summed E-state index contributed by atoms with van der Waals surface area (Å²) in [6, 6.07) is 5.10. The van der Waals surface area contributed by atoms with Crippen molar-refractivity contribution >= 4 is 11.8 Å². The molecule has 0 saturated heterocycles. The molecule has 2 amide bonds. The first-order valence-electron chi connectivity index (χ1n) is 7.21. The summed E-state index contributed by atoms with van der Waals surface area (Å²) in [5.74, 6) is 0.153. The Balaban J connectivity index is 2.39. The molecule has 116 valence electrons. The highest BCUT2D eigenvalue weighted by Crippen LogP contribution is 2.16. The van der Waals surface area contributed by atoms with Gasteiger partial charge in [-0.3, -0.25) is 9.59 Å². The minimum atomic E-state index is -0.563. The smallest absolute Gasteiger partial charge is 0.258 e. The van der Waals surface area contributed by atoms with Crippen LogP contribution >= 0.6 is 0 Å². The van der Waals surface area contributed by atoms with Crippen LogP contribution in [0.5, 0.6) is 5.75 Å². The summed E-state index contributed by atoms with van der Waals surface area (Å²) in [6.45, 7) is 8.14. The van der Waals surface area contributed by atoms with Gasteiger partial charge in [0.1, 0.15) is 11.8 Å². The highest BCUT2D eigenvalue weighted by atomic mass is 16.5. The Bertz CT molecular complexity index is 500. The normalized spacial score (nSPS) is 11.6. The number of hydrogen-bond acceptors (Lipinski definition) is 3. The van der Waals surface area contributed by atoms with E-state index < -0.39 is 6.04 Å². The molecular formula is C16H24N2O3. The van der Waals surface area contributed by atoms with Crippen LogP contribution in [0.15, 0.2) is 18.2 Å². The lowest BCUT2D eigenvalue weighted by atomic mass is 10.1. The van der Waals surface area contributed by atoms with Crippen LogP contribution < -0.4 is 15.4 Å². The summed E-state index contributed by atoms with van der Waals surface area (Å²) in [6.07, 6.45) is 0.863. The number of aryl methyl sites for hydroxylation is 2. The van der Waals surface area contributed by atoms with Gasteiger partial charge in [-0.1, -0.05) is 13.0 Å². The SMILES string of the molecule is CCCNC(=O)C(C)NC(=O)COc1ccc(C)c(C)c1. The molecule has 0 bridgehead atoms. The van der Waals surface area contributed by atoms with Crippen molar-refractivity contribution in [1.29, 1.82) is 0 Å². The summed E-state index contributed by atoms with van der Waals surface area (Å²) in [4.78, 5) is 23.4. The molecule has 5 nitrogen and oxygen atoms in total. The van der Waals surface area contributed by atoms with Gasteiger partial charge in [-0.15, -0.1) is 0 Å². The number of rotatable bonds is 7. The van der Waals surface area contributed by atoms with Crippen molar-refractivity contribution in [2.24, 2.45) is 0 Å². The molecule has 0 spiro atoms. The van der Waals surface area contributed by atoms with Crippen molar-refractivity contribution in [1.82, 2.24) is 10.6 Å². The maximum atomic E-state index is 11.7. The van der Waals surface area contributed by atoms with E-state index >= 15 is 0 Å². The summed E-state index contributed by atoms with van der Waals surface area (Å²) in [7, 11) is 0. The van der Waals surface area contributed by atoms with Gasteiger partial charge >= 0.3 is 0 Å². The lowest BCUT2D eigenvalue weighted by Gasteiger charge is -2.14. The molecule has 2 N–H and O–H groups in total. The fraction of sp³-hybridized carbons (Fsp3) is 0.500. The van der Waals surface area contributed by atoms with Crippen LogP contribution in [0.1, 0.15) is 31.4 Å². The lowest BCUT2D eigenvalue weighted by molar-refractivity contribution is -0.129. The van der Waals surface area contributed by atoms with Gasteiger partial charge in [0.2, 0.25) is 5.91 Å². The average Bonchev–Trinajstić information content (AvgIpc) is 2.45. The summed E-state index contributed by atoms with van der Waals surface area (Å²) in [5, 5.41) is 5.34. The Hall–Kier alpha value is -2.04. The molecular weight excluding hydrogens is 268 g/mol. The average molecular weight is 292 g/mol. The number of amides is 2. The monoisotopic (exact) mass is 292 g/mol. The third-order valence-corrected chi connectivity index (χ3v) is 3.17. The van der Waals surface area contributed by atoms with E-state index in [2.05, 4.69) is 10.6 Å². The van der Waals surface area contributed by atoms with Gasteiger partial charge in [-0.2, -0.15) is 0 Å². The Kier molecular flexibility index (Phi) is 6.72. The summed E-state index contributed by atoms with van der Waals surface area (Å²) >= 11 is 0. The standard InChI is InChI=1S/C16H24N2O3/c1-5-8-17-16(20)13(4)18-15(19)10-21-14-7-6-11(2)12(3)9-14/h6-7,9,13H,5,8,10H2,1-4H3,(H,17,20)(H,18,19). The molecule has 1 atom stereocenters. The van der Waals surface area contributed by atoms with Crippen molar-refractivity contribution in [2.75, 3.05) is 13.2 Å². The minimum Gasteiger partial charge on any atom is -0.484 e. The maximum absolute atomic E-state index is 11.7. The number of ether oxygens (including phenoxy) is 1. The van der Waals surface area contributed by atoms with Crippen LogP contribution in [-0.2, 0) is 9.59 Å². The molecule has 21 heavy (non-hydrogen) atoms. The molecule has 1 aromatic carbocycles. The lowest BCUT2D eigenvalue weighted by Crippen LogP contribution is -2.46. The second-order valence-electron chi connectivity index (χ2n) is 5.11. The van der Waals surface area contributed by atoms with Crippen LogP contribution in [0.2, 0.25) is 0 Å². The van der Waals surface area contributed by atoms with Gasteiger partial charge < -0.3 is 15.4 Å². The minimum absolute atomic E-state index is 0.103. The second-order valence-corrected chi connectivity index (χ2v) is 5.11. The highest BCUT2D eigenvalue weighted by molar-refractivity contribution is 5.87. The first-order chi connectivity index (χ1) is 9.93. The van der Waals surface area contributed by atoms with Gasteiger partial charge in [0.05, 0.1) is 0 Å². The largest absolute Gasteiger partial charge is 0.484 e. The van der Waals surface area contributed by atoms with Crippen molar-refractivity contribution in [3.63, 3.8) is 0 Å². The topological polar surface area (TPSA) is 67.4 Å². The van der Waals surface area contributed by atoms with Gasteiger partial charge in [-0.25, -0.2) is 0 Å². The van der Waals surface area contributed by atoms with E-state index in [0.717, 1.165) is 12.0 Å². The Morgan fingerprint density at radius 3 is 2.57 bits per heavy atom. The highest BCUT2D eigenvalue weighted by Gasteiger charge is 2.15. The molecule has 1 rings (SSSR count). The fourth-order valence-electron chi connectivity index (χ4n) is 1.70. The van der Waals surface area contributed by atoms with E-state index in [1.165, 1.54) is 5.56 Å². The molecule has 0 aromatic heterocycles. The van der Waals surface area contributed by atoms with Gasteiger partial charge in [0.25, 0.3) is 5.91 Å². The Labute approximate surface area is 126 Å². The molecule has 0 aliphatic heterocycles. The van der Waals surface area contributed by atoms with E-state index in [1.54, 1.807) is 6.92 Å². The quantitative estimate of drug-likeness (QED) is 0.804. The first-order valence-corrected chi connectivity index (χ1v) is 7.21. The van der Waals surface area contributed by atoms with Crippen LogP contribution in [0.4, 0.5) is 0 Å². The van der Waals surface area contributed by atoms with Crippen LogP contribution in [0.25, 0.3) is 0 Å². The van der Waals surface area contributed by atoms with Crippen molar-refractivity contribution < 1.29 is 14.3 Å². The first kappa shape index (κ1) is 17.0. The predicted molar refractivity (Wildman–Crippen MR) is 82.3 cm³/mol. The number of carbonyl (C=O) groups is 2. The zero-order valence-electron chi connectivity index (χ0n) is 13.2. The molecule has 5 heteroatoms. The maximum Gasteiger partial charge on any atom is 0.258 e. The van der Waals surface area contributed by atoms with E-state index in [0.29, 0.717) is 12.3 Å². The number of nitrogens with one attached hydrogen (secondary N) is 2. The Morgan fingerprint density at radius 2 is 1.95 bits per heavy atom. The van der Waals surface area contributed by atoms with E-state index in [-0.39, 0.29) is 18.4 Å². The summed E-state index contributed by atoms with van der Waals surface area (Å²) < 4.78 is 5.42. The third-order valence-electron chi connectivity index (χ3n) is 3.17. The third kappa shape index (κ3) is 5.85. The second kappa shape index (κ2) is 8.29. The van der Waals surface area contributed by atoms with E-state index in [9.17, 15) is 9.59 Å². The molecule has 0 fully saturated rings. The molecule has 0 radical (unpaired) electrons. The number of benzene rings is 1. The van der Waals surface area contributed by atoms with Gasteiger partial charge in [0, 0.05) is 6.54 Å². The molecule has 1 aromatic rings. The van der Waals surface area contributed by atoms with Gasteiger partial charge in [-0.05, 0) is 50.5 Å². The summed E-state index contributed by atoms with van der Waals surface area (Å²) in [5.41, 5.74) is 2.29. The number of hydrogen-bond donors (Lipinski definition) is 2. The predicted octanol–water partition coefficient (Wildman–Crippen LogP) is 1.71. The van der Waals surface area contributed by atoms with Crippen molar-refractivity contribution in [2.45, 2.75) is 40.2 Å². The number of carbonyl (C=O) groups excluding carboxylic acids is 2. The molecule has 1 unspecified atom stereocenters. The fourth-order valence-corrected chi connectivity index (χ4v) is 1.70. The van der Waals surface area contributed by atoms with Crippen molar-refractivity contribution in [3.05, 3.63) is 29.3 Å². The molecule has 0 aliphatic carbocycles. The van der Waals surface area contributed by atoms with Crippen LogP contribution in [-0.4, -0.2) is 31.0 Å². The molecule has 0 saturated carbocycles. The Morgan fingerprint density at radius 1 is 1.24 bits per heavy atom. The molecule has 0 aliphatic rings. The van der Waals surface area contributed by atoms with Gasteiger partial charge in [0.15, 0.2) is 6.61 Å². The van der Waals surface area contributed by atoms with E-state index in [4.69, 9.17) is 4.74 Å². The molecule has 0 heterocycles. The van der Waals surface area contributed by atoms with Crippen LogP contribution in [0, 0.1) is 13.8 Å².